The number of aromatic nitrogens is 2. The summed E-state index contributed by atoms with van der Waals surface area (Å²) in [4.78, 5) is 25.9. The Balaban J connectivity index is 1.28. The molecule has 1 amide bonds. The van der Waals surface area contributed by atoms with Crippen molar-refractivity contribution >= 4 is 22.6 Å². The quantitative estimate of drug-likeness (QED) is 0.311. The molecule has 32 heavy (non-hydrogen) atoms. The van der Waals surface area contributed by atoms with Gasteiger partial charge in [-0.25, -0.2) is 0 Å². The fraction of sp³-hybridized carbons (Fsp3) is 0.417. The van der Waals surface area contributed by atoms with E-state index < -0.39 is 0 Å². The van der Waals surface area contributed by atoms with Gasteiger partial charge in [-0.2, -0.15) is 0 Å². The highest BCUT2D eigenvalue weighted by atomic mass is 16.2. The number of nitrogens with zero attached hydrogens (tertiary/aromatic N) is 5. The molecule has 2 aromatic heterocycles. The molecule has 2 aliphatic rings. The number of fused-ring (bicyclic) bond motifs is 2. The Hall–Kier alpha value is -3.35. The minimum Gasteiger partial charge on any atom is -0.349 e. The van der Waals surface area contributed by atoms with Gasteiger partial charge in [0.05, 0.1) is 11.0 Å². The van der Waals surface area contributed by atoms with E-state index >= 15 is 0 Å². The summed E-state index contributed by atoms with van der Waals surface area (Å²) in [5, 5.41) is 7.42. The van der Waals surface area contributed by atoms with Gasteiger partial charge >= 0.3 is 0 Å². The van der Waals surface area contributed by atoms with Crippen LogP contribution in [0.2, 0.25) is 0 Å². The lowest BCUT2D eigenvalue weighted by Crippen LogP contribution is -2.48. The van der Waals surface area contributed by atoms with E-state index in [9.17, 15) is 4.79 Å². The maximum Gasteiger partial charge on any atom is 0.270 e. The maximum absolute atomic E-state index is 13.4. The van der Waals surface area contributed by atoms with Crippen LogP contribution in [0, 0.1) is 5.92 Å². The molecule has 2 N–H and O–H groups in total. The summed E-state index contributed by atoms with van der Waals surface area (Å²) in [6, 6.07) is 13.6. The molecule has 8 nitrogen and oxygen atoms in total. The molecule has 0 unspecified atom stereocenters. The van der Waals surface area contributed by atoms with Gasteiger partial charge in [0.1, 0.15) is 5.69 Å². The third-order valence-corrected chi connectivity index (χ3v) is 7.08. The first kappa shape index (κ1) is 20.5. The molecule has 0 bridgehead atoms. The van der Waals surface area contributed by atoms with Gasteiger partial charge in [-0.1, -0.05) is 29.4 Å². The van der Waals surface area contributed by atoms with E-state index in [2.05, 4.69) is 32.2 Å². The topological polar surface area (TPSA) is 110 Å². The van der Waals surface area contributed by atoms with Crippen molar-refractivity contribution in [2.24, 2.45) is 11.0 Å². The van der Waals surface area contributed by atoms with E-state index in [1.807, 2.05) is 47.4 Å². The first-order chi connectivity index (χ1) is 15.6. The van der Waals surface area contributed by atoms with Gasteiger partial charge in [0, 0.05) is 41.5 Å². The molecule has 2 fully saturated rings. The number of benzene rings is 1. The van der Waals surface area contributed by atoms with Crippen LogP contribution in [0.25, 0.3) is 21.5 Å². The molecule has 0 radical (unpaired) electrons. The van der Waals surface area contributed by atoms with Crippen molar-refractivity contribution in [1.82, 2.24) is 20.2 Å². The number of nitrogens with one attached hydrogen (secondary N) is 2. The fourth-order valence-corrected chi connectivity index (χ4v) is 5.38. The minimum absolute atomic E-state index is 0.0619. The van der Waals surface area contributed by atoms with Gasteiger partial charge in [0.25, 0.3) is 5.91 Å². The van der Waals surface area contributed by atoms with E-state index in [1.54, 1.807) is 6.20 Å². The number of H-pyrrole nitrogens is 1. The zero-order valence-corrected chi connectivity index (χ0v) is 18.2. The van der Waals surface area contributed by atoms with Crippen molar-refractivity contribution in [3.8, 4) is 0 Å². The summed E-state index contributed by atoms with van der Waals surface area (Å²) in [7, 11) is 0. The lowest BCUT2D eigenvalue weighted by Gasteiger charge is -2.37. The highest BCUT2D eigenvalue weighted by Crippen LogP contribution is 2.55. The smallest absolute Gasteiger partial charge is 0.270 e. The van der Waals surface area contributed by atoms with Gasteiger partial charge in [0.2, 0.25) is 0 Å². The fourth-order valence-electron chi connectivity index (χ4n) is 5.38. The van der Waals surface area contributed by atoms with Crippen LogP contribution in [0.1, 0.15) is 48.7 Å². The van der Waals surface area contributed by atoms with E-state index in [1.165, 1.54) is 0 Å². The lowest BCUT2D eigenvalue weighted by molar-refractivity contribution is 0.0608. The van der Waals surface area contributed by atoms with Crippen molar-refractivity contribution in [2.75, 3.05) is 6.54 Å². The summed E-state index contributed by atoms with van der Waals surface area (Å²) in [5.41, 5.74) is 12.8. The Bertz CT molecular complexity index is 1150. The number of azide groups is 1. The summed E-state index contributed by atoms with van der Waals surface area (Å²) in [6.45, 7) is 3.53. The number of hydrogen-bond acceptors (Lipinski definition) is 4. The summed E-state index contributed by atoms with van der Waals surface area (Å²) >= 11 is 0. The van der Waals surface area contributed by atoms with E-state index in [4.69, 9.17) is 5.53 Å². The number of hydrogen-bond donors (Lipinski definition) is 2. The van der Waals surface area contributed by atoms with Crippen molar-refractivity contribution in [3.63, 3.8) is 0 Å². The van der Waals surface area contributed by atoms with Crippen molar-refractivity contribution < 1.29 is 4.79 Å². The van der Waals surface area contributed by atoms with E-state index in [0.717, 1.165) is 48.8 Å². The van der Waals surface area contributed by atoms with Gasteiger partial charge < -0.3 is 15.2 Å². The monoisotopic (exact) mass is 429 g/mol. The molecular formula is C24H27N7O. The Morgan fingerprint density at radius 3 is 2.97 bits per heavy atom. The standard InChI is InChI=1S/C24H27N7O/c1-2-31(23(32)21-13-20-19(28-21)5-4-12-26-20)22-6-3-11-24(14-18(22)24)27-15-16-7-9-17(10-8-16)29-30-25/h4-5,7-10,12-13,18,22,27-28H,2-3,6,11,14-15H2,1H3/t18-,22-,24-/m0/s1. The molecule has 0 aliphatic heterocycles. The second-order valence-corrected chi connectivity index (χ2v) is 8.85. The predicted molar refractivity (Wildman–Crippen MR) is 123 cm³/mol. The zero-order chi connectivity index (χ0) is 22.1. The van der Waals surface area contributed by atoms with Crippen molar-refractivity contribution in [3.05, 3.63) is 70.4 Å². The molecule has 2 aliphatic carbocycles. The van der Waals surface area contributed by atoms with Crippen LogP contribution in [-0.2, 0) is 6.54 Å². The Labute approximate surface area is 186 Å². The molecule has 5 rings (SSSR count). The molecule has 3 atom stereocenters. The largest absolute Gasteiger partial charge is 0.349 e. The predicted octanol–water partition coefficient (Wildman–Crippen LogP) is 5.07. The lowest BCUT2D eigenvalue weighted by atomic mass is 9.89. The highest BCUT2D eigenvalue weighted by Gasteiger charge is 2.60. The average Bonchev–Trinajstić information content (AvgIpc) is 3.40. The number of carbonyl (C=O) groups is 1. The summed E-state index contributed by atoms with van der Waals surface area (Å²) < 4.78 is 0. The molecule has 0 saturated heterocycles. The third kappa shape index (κ3) is 3.72. The second kappa shape index (κ2) is 8.30. The van der Waals surface area contributed by atoms with Crippen LogP contribution in [0.5, 0.6) is 0 Å². The first-order valence-electron chi connectivity index (χ1n) is 11.3. The van der Waals surface area contributed by atoms with Gasteiger partial charge in [-0.05, 0) is 67.8 Å². The molecule has 0 spiro atoms. The molecule has 8 heteroatoms. The van der Waals surface area contributed by atoms with Crippen molar-refractivity contribution in [2.45, 2.75) is 50.7 Å². The number of aromatic amines is 1. The Morgan fingerprint density at radius 2 is 2.22 bits per heavy atom. The van der Waals surface area contributed by atoms with Gasteiger partial charge in [-0.3, -0.25) is 9.78 Å². The minimum atomic E-state index is 0.0619. The molecule has 2 saturated carbocycles. The van der Waals surface area contributed by atoms with Crippen LogP contribution in [0.15, 0.2) is 53.8 Å². The van der Waals surface area contributed by atoms with Crippen LogP contribution in [-0.4, -0.2) is 38.9 Å². The van der Waals surface area contributed by atoms with Gasteiger partial charge in [-0.15, -0.1) is 0 Å². The van der Waals surface area contributed by atoms with Crippen LogP contribution in [0.3, 0.4) is 0 Å². The Morgan fingerprint density at radius 1 is 1.38 bits per heavy atom. The number of amides is 1. The van der Waals surface area contributed by atoms with Gasteiger partial charge in [0.15, 0.2) is 0 Å². The molecule has 164 valence electrons. The third-order valence-electron chi connectivity index (χ3n) is 7.08. The number of rotatable bonds is 7. The molecule has 3 aromatic rings. The van der Waals surface area contributed by atoms with Crippen LogP contribution >= 0.6 is 0 Å². The molecule has 2 heterocycles. The van der Waals surface area contributed by atoms with E-state index in [0.29, 0.717) is 23.8 Å². The Kier molecular flexibility index (Phi) is 5.33. The SMILES string of the molecule is CCN(C(=O)c1cc2ncccc2[nH]1)[C@H]1CCC[C@]2(NCc3ccc(N=[N+]=[N-])cc3)C[C@@H]12. The number of pyridine rings is 1. The van der Waals surface area contributed by atoms with Crippen LogP contribution < -0.4 is 5.32 Å². The maximum atomic E-state index is 13.4. The van der Waals surface area contributed by atoms with E-state index in [-0.39, 0.29) is 17.5 Å². The average molecular weight is 430 g/mol. The first-order valence-corrected chi connectivity index (χ1v) is 11.3. The highest BCUT2D eigenvalue weighted by molar-refractivity contribution is 5.97. The normalized spacial score (nSPS) is 23.9. The summed E-state index contributed by atoms with van der Waals surface area (Å²) in [5.74, 6) is 0.539. The zero-order valence-electron chi connectivity index (χ0n) is 18.2. The molecular weight excluding hydrogens is 402 g/mol. The molecule has 1 aromatic carbocycles. The second-order valence-electron chi connectivity index (χ2n) is 8.85. The summed E-state index contributed by atoms with van der Waals surface area (Å²) in [6.07, 6.45) is 6.16. The van der Waals surface area contributed by atoms with Crippen molar-refractivity contribution in [1.29, 1.82) is 0 Å². The number of carbonyl (C=O) groups excluding carboxylic acids is 1. The van der Waals surface area contributed by atoms with Crippen LogP contribution in [0.4, 0.5) is 5.69 Å².